The zero-order valence-corrected chi connectivity index (χ0v) is 22.3. The maximum Gasteiger partial charge on any atom is 0.328 e. The summed E-state index contributed by atoms with van der Waals surface area (Å²) < 4.78 is 9.88. The van der Waals surface area contributed by atoms with Gasteiger partial charge in [-0.05, 0) is 54.7 Å². The molecule has 0 spiro atoms. The van der Waals surface area contributed by atoms with E-state index in [2.05, 4.69) is 16.0 Å². The topological polar surface area (TPSA) is 123 Å². The molecule has 200 valence electrons. The predicted octanol–water partition coefficient (Wildman–Crippen LogP) is 2.34. The molecule has 0 aliphatic rings. The van der Waals surface area contributed by atoms with E-state index in [4.69, 9.17) is 9.47 Å². The summed E-state index contributed by atoms with van der Waals surface area (Å²) in [6.45, 7) is 0.240. The quantitative estimate of drug-likeness (QED) is 0.239. The van der Waals surface area contributed by atoms with Crippen LogP contribution in [0.5, 0.6) is 5.75 Å². The minimum absolute atomic E-state index is 0.134. The number of amides is 3. The molecule has 2 atom stereocenters. The number of hydrogen-bond acceptors (Lipinski definition) is 7. The third kappa shape index (κ3) is 10.5. The Balaban J connectivity index is 1.92. The fourth-order valence-corrected chi connectivity index (χ4v) is 3.99. The minimum atomic E-state index is -0.805. The van der Waals surface area contributed by atoms with Crippen molar-refractivity contribution in [3.63, 3.8) is 0 Å². The van der Waals surface area contributed by atoms with E-state index >= 15 is 0 Å². The number of carbonyl (C=O) groups is 4. The van der Waals surface area contributed by atoms with Crippen molar-refractivity contribution in [1.29, 1.82) is 0 Å². The zero-order valence-electron chi connectivity index (χ0n) is 21.5. The van der Waals surface area contributed by atoms with Gasteiger partial charge in [-0.25, -0.2) is 4.79 Å². The Hall–Kier alpha value is -3.53. The molecule has 3 N–H and O–H groups in total. The average molecular weight is 530 g/mol. The van der Waals surface area contributed by atoms with Crippen LogP contribution in [0.4, 0.5) is 0 Å². The summed E-state index contributed by atoms with van der Waals surface area (Å²) >= 11 is 1.57. The van der Waals surface area contributed by atoms with Crippen molar-refractivity contribution in [3.05, 3.63) is 65.7 Å². The SMILES string of the molecule is COC(=O)[C@@H](CCSC)NC(=O)CCCNC(=O)[C@H](Cc1ccccc1)NC(=O)c1ccc(OC)cc1. The first kappa shape index (κ1) is 29.7. The van der Waals surface area contributed by atoms with E-state index in [1.165, 1.54) is 7.11 Å². The number of methoxy groups -OCH3 is 2. The molecule has 0 saturated carbocycles. The smallest absolute Gasteiger partial charge is 0.328 e. The molecule has 2 aromatic rings. The highest BCUT2D eigenvalue weighted by Crippen LogP contribution is 2.12. The normalized spacial score (nSPS) is 12.1. The molecule has 0 radical (unpaired) electrons. The number of nitrogens with one attached hydrogen (secondary N) is 3. The van der Waals surface area contributed by atoms with Gasteiger partial charge in [-0.2, -0.15) is 11.8 Å². The largest absolute Gasteiger partial charge is 0.497 e. The van der Waals surface area contributed by atoms with Crippen molar-refractivity contribution in [1.82, 2.24) is 16.0 Å². The standard InChI is InChI=1S/C27H35N3O6S/c1-35-21-13-11-20(12-14-21)25(32)30-23(18-19-8-5-4-6-9-19)26(33)28-16-7-10-24(31)29-22(15-17-37-3)27(34)36-2/h4-6,8-9,11-14,22-23H,7,10,15-18H2,1-3H3,(H,28,33)(H,29,31)(H,30,32)/t22-,23+/m1/s1. The first-order chi connectivity index (χ1) is 17.9. The molecule has 10 heteroatoms. The van der Waals surface area contributed by atoms with E-state index < -0.39 is 18.1 Å². The van der Waals surface area contributed by atoms with Gasteiger partial charge in [-0.15, -0.1) is 0 Å². The Labute approximate surface area is 222 Å². The molecule has 0 aliphatic carbocycles. The maximum atomic E-state index is 13.0. The second kappa shape index (κ2) is 16.3. The van der Waals surface area contributed by atoms with E-state index in [0.717, 1.165) is 5.56 Å². The van der Waals surface area contributed by atoms with E-state index in [1.54, 1.807) is 43.1 Å². The summed E-state index contributed by atoms with van der Waals surface area (Å²) in [5.74, 6) is -0.162. The molecule has 0 aromatic heterocycles. The third-order valence-electron chi connectivity index (χ3n) is 5.57. The van der Waals surface area contributed by atoms with Crippen molar-refractivity contribution in [2.45, 2.75) is 37.8 Å². The monoisotopic (exact) mass is 529 g/mol. The molecule has 3 amide bonds. The molecule has 9 nitrogen and oxygen atoms in total. The summed E-state index contributed by atoms with van der Waals surface area (Å²) in [7, 11) is 2.83. The van der Waals surface area contributed by atoms with Crippen LogP contribution < -0.4 is 20.7 Å². The van der Waals surface area contributed by atoms with Crippen molar-refractivity contribution >= 4 is 35.5 Å². The summed E-state index contributed by atoms with van der Waals surface area (Å²) in [5.41, 5.74) is 1.31. The van der Waals surface area contributed by atoms with E-state index in [9.17, 15) is 19.2 Å². The second-order valence-electron chi connectivity index (χ2n) is 8.26. The van der Waals surface area contributed by atoms with E-state index in [0.29, 0.717) is 36.3 Å². The third-order valence-corrected chi connectivity index (χ3v) is 6.21. The molecule has 0 heterocycles. The molecule has 0 fully saturated rings. The van der Waals surface area contributed by atoms with Gasteiger partial charge >= 0.3 is 5.97 Å². The Bertz CT molecular complexity index is 1020. The minimum Gasteiger partial charge on any atom is -0.497 e. The van der Waals surface area contributed by atoms with Gasteiger partial charge in [-0.3, -0.25) is 14.4 Å². The molecular formula is C27H35N3O6S. The van der Waals surface area contributed by atoms with Gasteiger partial charge in [0.2, 0.25) is 11.8 Å². The molecule has 2 rings (SSSR count). The number of carbonyl (C=O) groups excluding carboxylic acids is 4. The van der Waals surface area contributed by atoms with E-state index in [1.807, 2.05) is 36.6 Å². The lowest BCUT2D eigenvalue weighted by Gasteiger charge is -2.19. The molecule has 0 aliphatic heterocycles. The van der Waals surface area contributed by atoms with Crippen molar-refractivity contribution in [2.24, 2.45) is 0 Å². The number of ether oxygens (including phenoxy) is 2. The van der Waals surface area contributed by atoms with Gasteiger partial charge in [0.05, 0.1) is 14.2 Å². The lowest BCUT2D eigenvalue weighted by Crippen LogP contribution is -2.48. The molecule has 37 heavy (non-hydrogen) atoms. The zero-order chi connectivity index (χ0) is 27.0. The van der Waals surface area contributed by atoms with Gasteiger partial charge in [0.25, 0.3) is 5.91 Å². The Morgan fingerprint density at radius 1 is 0.919 bits per heavy atom. The van der Waals surface area contributed by atoms with Crippen LogP contribution in [0.2, 0.25) is 0 Å². The van der Waals surface area contributed by atoms with Crippen LogP contribution in [-0.4, -0.2) is 68.5 Å². The lowest BCUT2D eigenvalue weighted by molar-refractivity contribution is -0.145. The number of thioether (sulfide) groups is 1. The fourth-order valence-electron chi connectivity index (χ4n) is 3.52. The van der Waals surface area contributed by atoms with Crippen LogP contribution >= 0.6 is 11.8 Å². The molecular weight excluding hydrogens is 494 g/mol. The molecule has 0 unspecified atom stereocenters. The number of hydrogen-bond donors (Lipinski definition) is 3. The highest BCUT2D eigenvalue weighted by Gasteiger charge is 2.23. The van der Waals surface area contributed by atoms with Gasteiger partial charge in [0.15, 0.2) is 0 Å². The van der Waals surface area contributed by atoms with Crippen LogP contribution in [0, 0.1) is 0 Å². The fraction of sp³-hybridized carbons (Fsp3) is 0.407. The Kier molecular flexibility index (Phi) is 13.1. The van der Waals surface area contributed by atoms with Crippen LogP contribution in [0.25, 0.3) is 0 Å². The lowest BCUT2D eigenvalue weighted by atomic mass is 10.0. The summed E-state index contributed by atoms with van der Waals surface area (Å²) in [6.07, 6.45) is 3.22. The Morgan fingerprint density at radius 2 is 1.62 bits per heavy atom. The summed E-state index contributed by atoms with van der Waals surface area (Å²) in [6, 6.07) is 14.5. The molecule has 0 bridgehead atoms. The first-order valence-corrected chi connectivity index (χ1v) is 13.4. The number of benzene rings is 2. The highest BCUT2D eigenvalue weighted by atomic mass is 32.2. The van der Waals surface area contributed by atoms with Crippen molar-refractivity contribution in [3.8, 4) is 5.75 Å². The average Bonchev–Trinajstić information content (AvgIpc) is 2.92. The van der Waals surface area contributed by atoms with Gasteiger partial charge in [0.1, 0.15) is 17.8 Å². The predicted molar refractivity (Wildman–Crippen MR) is 144 cm³/mol. The van der Waals surface area contributed by atoms with Gasteiger partial charge in [-0.1, -0.05) is 30.3 Å². The first-order valence-electron chi connectivity index (χ1n) is 12.0. The molecule has 2 aromatic carbocycles. The Morgan fingerprint density at radius 3 is 2.24 bits per heavy atom. The van der Waals surface area contributed by atoms with Crippen molar-refractivity contribution in [2.75, 3.05) is 32.8 Å². The van der Waals surface area contributed by atoms with Gasteiger partial charge in [0, 0.05) is 24.9 Å². The second-order valence-corrected chi connectivity index (χ2v) is 9.25. The van der Waals surface area contributed by atoms with Crippen LogP contribution in [0.15, 0.2) is 54.6 Å². The number of esters is 1. The van der Waals surface area contributed by atoms with Crippen LogP contribution in [0.1, 0.15) is 35.2 Å². The van der Waals surface area contributed by atoms with E-state index in [-0.39, 0.29) is 30.7 Å². The number of rotatable bonds is 15. The summed E-state index contributed by atoms with van der Waals surface area (Å²) in [4.78, 5) is 50.0. The van der Waals surface area contributed by atoms with Crippen LogP contribution in [0.3, 0.4) is 0 Å². The molecule has 0 saturated heterocycles. The maximum absolute atomic E-state index is 13.0. The van der Waals surface area contributed by atoms with Crippen LogP contribution in [-0.2, 0) is 25.5 Å². The van der Waals surface area contributed by atoms with Gasteiger partial charge < -0.3 is 25.4 Å². The summed E-state index contributed by atoms with van der Waals surface area (Å²) in [5, 5.41) is 8.31. The van der Waals surface area contributed by atoms with Crippen molar-refractivity contribution < 1.29 is 28.7 Å². The highest BCUT2D eigenvalue weighted by molar-refractivity contribution is 7.98.